The Kier molecular flexibility index (Phi) is 5.96. The molecule has 29 heavy (non-hydrogen) atoms. The number of aliphatic imine (C=N–C) groups is 1. The van der Waals surface area contributed by atoms with Gasteiger partial charge in [0.15, 0.2) is 15.8 Å². The summed E-state index contributed by atoms with van der Waals surface area (Å²) in [6.07, 6.45) is 7.20. The molecule has 0 aromatic heterocycles. The maximum absolute atomic E-state index is 12.6. The highest BCUT2D eigenvalue weighted by Crippen LogP contribution is 2.38. The third-order valence-electron chi connectivity index (χ3n) is 4.90. The van der Waals surface area contributed by atoms with Crippen LogP contribution in [0.4, 0.5) is 10.5 Å². The Morgan fingerprint density at radius 2 is 1.76 bits per heavy atom. The van der Waals surface area contributed by atoms with Crippen molar-refractivity contribution >= 4 is 38.0 Å². The molecule has 1 aromatic rings. The molecule has 0 saturated heterocycles. The molecule has 2 amide bonds. The lowest BCUT2D eigenvalue weighted by molar-refractivity contribution is 0.257. The van der Waals surface area contributed by atoms with Gasteiger partial charge in [0.05, 0.1) is 0 Å². The lowest BCUT2D eigenvalue weighted by Gasteiger charge is -2.17. The van der Waals surface area contributed by atoms with Crippen molar-refractivity contribution in [3.63, 3.8) is 0 Å². The van der Waals surface area contributed by atoms with Crippen LogP contribution in [0.1, 0.15) is 35.1 Å². The second-order valence-electron chi connectivity index (χ2n) is 6.94. The summed E-state index contributed by atoms with van der Waals surface area (Å²) in [7, 11) is -8.26. The van der Waals surface area contributed by atoms with E-state index in [2.05, 4.69) is 21.1 Å². The van der Waals surface area contributed by atoms with Crippen molar-refractivity contribution < 1.29 is 22.0 Å². The zero-order valence-corrected chi connectivity index (χ0v) is 17.2. The van der Waals surface area contributed by atoms with E-state index in [1.165, 1.54) is 11.1 Å². The van der Waals surface area contributed by atoms with E-state index < -0.39 is 31.9 Å². The number of amides is 2. The van der Waals surface area contributed by atoms with Gasteiger partial charge in [-0.1, -0.05) is 6.07 Å². The fourth-order valence-corrected chi connectivity index (χ4v) is 4.84. The number of hydrogen-bond donors (Lipinski definition) is 5. The van der Waals surface area contributed by atoms with Crippen LogP contribution in [0.15, 0.2) is 22.2 Å². The number of aryl methyl sites for hydroxylation is 2. The number of rotatable bonds is 6. The van der Waals surface area contributed by atoms with Crippen LogP contribution in [-0.4, -0.2) is 35.3 Å². The first kappa shape index (κ1) is 21.3. The summed E-state index contributed by atoms with van der Waals surface area (Å²) in [4.78, 5) is 15.5. The van der Waals surface area contributed by atoms with Crippen molar-refractivity contribution in [3.8, 4) is 0 Å². The fourth-order valence-electron chi connectivity index (χ4n) is 3.73. The van der Waals surface area contributed by atoms with Crippen LogP contribution in [-0.2, 0) is 45.7 Å². The number of anilines is 1. The SMILES string of the molecule is N=S(=O)(NC(=O)Nc1c2c(cc3c1CCC3)CCC2)C(C=NCS(=O)(=O)O)=CN. The molecule has 0 bridgehead atoms. The Bertz CT molecular complexity index is 1080. The number of allylic oxidation sites excluding steroid dienone is 1. The Labute approximate surface area is 169 Å². The van der Waals surface area contributed by atoms with Crippen LogP contribution in [0.5, 0.6) is 0 Å². The van der Waals surface area contributed by atoms with Crippen molar-refractivity contribution in [2.75, 3.05) is 11.2 Å². The lowest BCUT2D eigenvalue weighted by atomic mass is 9.99. The molecule has 1 aromatic carbocycles. The van der Waals surface area contributed by atoms with E-state index in [-0.39, 0.29) is 4.91 Å². The van der Waals surface area contributed by atoms with Gasteiger partial charge < -0.3 is 11.1 Å². The van der Waals surface area contributed by atoms with E-state index >= 15 is 0 Å². The molecule has 1 unspecified atom stereocenters. The number of nitrogens with zero attached hydrogens (tertiary/aromatic N) is 1. The molecular weight excluding hydrogens is 418 g/mol. The summed E-state index contributed by atoms with van der Waals surface area (Å²) in [5, 5.41) is 2.76. The van der Waals surface area contributed by atoms with E-state index in [1.807, 2.05) is 0 Å². The molecular formula is C17H23N5O5S2. The number of nitrogens with two attached hydrogens (primary N) is 1. The molecule has 3 rings (SSSR count). The van der Waals surface area contributed by atoms with Crippen LogP contribution >= 0.6 is 0 Å². The van der Waals surface area contributed by atoms with Gasteiger partial charge in [0.2, 0.25) is 0 Å². The minimum absolute atomic E-state index is 0.389. The molecule has 0 saturated carbocycles. The molecule has 2 aliphatic rings. The molecule has 10 nitrogen and oxygen atoms in total. The average Bonchev–Trinajstić information content (AvgIpc) is 3.25. The zero-order chi connectivity index (χ0) is 21.2. The molecule has 1 atom stereocenters. The molecule has 6 N–H and O–H groups in total. The van der Waals surface area contributed by atoms with Crippen molar-refractivity contribution in [3.05, 3.63) is 39.4 Å². The molecule has 158 valence electrons. The zero-order valence-electron chi connectivity index (χ0n) is 15.6. The molecule has 2 aliphatic carbocycles. The molecule has 0 radical (unpaired) electrons. The summed E-state index contributed by atoms with van der Waals surface area (Å²) >= 11 is 0. The number of carbonyl (C=O) groups excluding carboxylic acids is 1. The molecule has 0 aliphatic heterocycles. The predicted octanol–water partition coefficient (Wildman–Crippen LogP) is 1.46. The van der Waals surface area contributed by atoms with E-state index in [0.717, 1.165) is 67.8 Å². The minimum Gasteiger partial charge on any atom is -0.403 e. The number of fused-ring (bicyclic) bond motifs is 2. The number of carbonyl (C=O) groups is 1. The first-order valence-corrected chi connectivity index (χ1v) is 12.2. The maximum Gasteiger partial charge on any atom is 0.331 e. The number of urea groups is 1. The van der Waals surface area contributed by atoms with Crippen LogP contribution in [0.25, 0.3) is 0 Å². The monoisotopic (exact) mass is 441 g/mol. The smallest absolute Gasteiger partial charge is 0.331 e. The number of nitrogens with one attached hydrogen (secondary N) is 3. The van der Waals surface area contributed by atoms with E-state index in [4.69, 9.17) is 15.1 Å². The largest absolute Gasteiger partial charge is 0.403 e. The number of benzene rings is 1. The fraction of sp³-hybridized carbons (Fsp3) is 0.412. The summed E-state index contributed by atoms with van der Waals surface area (Å²) in [5.74, 6) is -0.978. The van der Waals surface area contributed by atoms with Gasteiger partial charge in [-0.25, -0.2) is 18.5 Å². The second-order valence-corrected chi connectivity index (χ2v) is 10.1. The number of hydrogen-bond acceptors (Lipinski definition) is 7. The Balaban J connectivity index is 1.77. The van der Waals surface area contributed by atoms with Gasteiger partial charge in [-0.05, 0) is 60.8 Å². The van der Waals surface area contributed by atoms with Crippen molar-refractivity contribution in [1.29, 1.82) is 4.78 Å². The lowest BCUT2D eigenvalue weighted by Crippen LogP contribution is -2.35. The molecule has 0 spiro atoms. The topological polar surface area (TPSA) is 175 Å². The highest BCUT2D eigenvalue weighted by atomic mass is 32.2. The third kappa shape index (κ3) is 4.95. The van der Waals surface area contributed by atoms with Crippen LogP contribution in [0.2, 0.25) is 0 Å². The first-order chi connectivity index (χ1) is 13.6. The van der Waals surface area contributed by atoms with Gasteiger partial charge >= 0.3 is 6.03 Å². The normalized spacial score (nSPS) is 18.3. The van der Waals surface area contributed by atoms with Gasteiger partial charge in [-0.15, -0.1) is 0 Å². The van der Waals surface area contributed by atoms with Crippen LogP contribution in [0, 0.1) is 4.78 Å². The predicted molar refractivity (Wildman–Crippen MR) is 111 cm³/mol. The summed E-state index contributed by atoms with van der Waals surface area (Å²) in [6.45, 7) is 0. The van der Waals surface area contributed by atoms with Gasteiger partial charge in [-0.3, -0.25) is 9.55 Å². The highest BCUT2D eigenvalue weighted by Gasteiger charge is 2.26. The van der Waals surface area contributed by atoms with E-state index in [0.29, 0.717) is 0 Å². The summed E-state index contributed by atoms with van der Waals surface area (Å²) < 4.78 is 52.7. The van der Waals surface area contributed by atoms with Crippen molar-refractivity contribution in [2.45, 2.75) is 38.5 Å². The van der Waals surface area contributed by atoms with Crippen LogP contribution in [0.3, 0.4) is 0 Å². The summed E-state index contributed by atoms with van der Waals surface area (Å²) in [6, 6.07) is 1.39. The van der Waals surface area contributed by atoms with E-state index in [1.54, 1.807) is 0 Å². The van der Waals surface area contributed by atoms with Gasteiger partial charge in [0.25, 0.3) is 10.1 Å². The Hall–Kier alpha value is -2.44. The van der Waals surface area contributed by atoms with Crippen LogP contribution < -0.4 is 15.8 Å². The molecule has 12 heteroatoms. The van der Waals surface area contributed by atoms with Crippen molar-refractivity contribution in [2.24, 2.45) is 10.7 Å². The standard InChI is InChI=1S/C17H23N5O5S2/c18-8-13(9-20-10-28(24,25)26)29(19,27)22-17(23)21-16-14-5-1-3-11(14)7-12-4-2-6-15(12)16/h7-9H,1-6,10,18H2,(H,24,25,26)(H3,19,21,22,23,27). The minimum atomic E-state index is -4.37. The third-order valence-corrected chi connectivity index (χ3v) is 6.75. The second kappa shape index (κ2) is 8.13. The van der Waals surface area contributed by atoms with Gasteiger partial charge in [0.1, 0.15) is 4.91 Å². The quantitative estimate of drug-likeness (QED) is 0.330. The van der Waals surface area contributed by atoms with Crippen molar-refractivity contribution in [1.82, 2.24) is 4.72 Å². The molecule has 0 fully saturated rings. The Morgan fingerprint density at radius 3 is 2.28 bits per heavy atom. The maximum atomic E-state index is 12.6. The molecule has 0 heterocycles. The van der Waals surface area contributed by atoms with E-state index in [9.17, 15) is 17.4 Å². The first-order valence-electron chi connectivity index (χ1n) is 9.01. The van der Waals surface area contributed by atoms with Gasteiger partial charge in [-0.2, -0.15) is 8.42 Å². The highest BCUT2D eigenvalue weighted by molar-refractivity contribution is 7.95. The Morgan fingerprint density at radius 1 is 1.17 bits per heavy atom. The average molecular weight is 442 g/mol. The summed E-state index contributed by atoms with van der Waals surface area (Å²) in [5.41, 5.74) is 10.7. The van der Waals surface area contributed by atoms with Gasteiger partial charge in [0, 0.05) is 18.1 Å².